The number of fused-ring (bicyclic) bond motifs is 3. The molecule has 7 nitrogen and oxygen atoms in total. The summed E-state index contributed by atoms with van der Waals surface area (Å²) in [5.41, 5.74) is 2.51. The van der Waals surface area contributed by atoms with Crippen LogP contribution in [-0.2, 0) is 0 Å². The van der Waals surface area contributed by atoms with Crippen molar-refractivity contribution in [2.24, 2.45) is 0 Å². The van der Waals surface area contributed by atoms with Crippen LogP contribution < -0.4 is 24.6 Å². The summed E-state index contributed by atoms with van der Waals surface area (Å²) in [7, 11) is 4.62. The smallest absolute Gasteiger partial charge is 0.336 e. The molecule has 30 heavy (non-hydrogen) atoms. The summed E-state index contributed by atoms with van der Waals surface area (Å²) in [5.74, 6) is 1.91. The fraction of sp³-hybridized carbons (Fsp3) is 0.304. The third-order valence-corrected chi connectivity index (χ3v) is 5.37. The summed E-state index contributed by atoms with van der Waals surface area (Å²) in [4.78, 5) is 25.0. The number of hydrogen-bond donors (Lipinski definition) is 0. The SMILES string of the molecule is COc1cc(OC)c([C@@H]2CC(=O)c3c(C)cc4oc(=O)cc(C)c4c3O2)cc1OC. The molecule has 0 unspecified atom stereocenters. The van der Waals surface area contributed by atoms with Gasteiger partial charge in [-0.15, -0.1) is 0 Å². The molecule has 1 aromatic heterocycles. The zero-order valence-electron chi connectivity index (χ0n) is 17.5. The summed E-state index contributed by atoms with van der Waals surface area (Å²) < 4.78 is 28.0. The van der Waals surface area contributed by atoms with Crippen LogP contribution >= 0.6 is 0 Å². The molecule has 0 radical (unpaired) electrons. The normalized spacial score (nSPS) is 15.5. The minimum atomic E-state index is -0.601. The van der Waals surface area contributed by atoms with Crippen LogP contribution in [0.15, 0.2) is 33.5 Å². The molecule has 0 aliphatic carbocycles. The highest BCUT2D eigenvalue weighted by Crippen LogP contribution is 2.46. The fourth-order valence-electron chi connectivity index (χ4n) is 3.99. The van der Waals surface area contributed by atoms with E-state index >= 15 is 0 Å². The first-order valence-corrected chi connectivity index (χ1v) is 9.45. The van der Waals surface area contributed by atoms with E-state index in [0.29, 0.717) is 56.2 Å². The first-order chi connectivity index (χ1) is 14.4. The van der Waals surface area contributed by atoms with Crippen LogP contribution in [0, 0.1) is 13.8 Å². The average molecular weight is 410 g/mol. The van der Waals surface area contributed by atoms with Gasteiger partial charge < -0.3 is 23.4 Å². The van der Waals surface area contributed by atoms with E-state index in [1.54, 1.807) is 53.4 Å². The van der Waals surface area contributed by atoms with Gasteiger partial charge in [-0.25, -0.2) is 4.79 Å². The number of carbonyl (C=O) groups excluding carboxylic acids is 1. The Balaban J connectivity index is 1.92. The van der Waals surface area contributed by atoms with Crippen molar-refractivity contribution in [2.75, 3.05) is 21.3 Å². The van der Waals surface area contributed by atoms with E-state index in [1.807, 2.05) is 0 Å². The van der Waals surface area contributed by atoms with Crippen molar-refractivity contribution in [3.63, 3.8) is 0 Å². The number of aryl methyl sites for hydroxylation is 2. The molecule has 2 heterocycles. The first kappa shape index (κ1) is 19.8. The van der Waals surface area contributed by atoms with Crippen molar-refractivity contribution in [1.82, 2.24) is 0 Å². The molecule has 3 aromatic rings. The number of hydrogen-bond acceptors (Lipinski definition) is 7. The van der Waals surface area contributed by atoms with Gasteiger partial charge in [-0.3, -0.25) is 4.79 Å². The Bertz CT molecular complexity index is 1220. The summed E-state index contributed by atoms with van der Waals surface area (Å²) in [5, 5.41) is 0.618. The topological polar surface area (TPSA) is 84.2 Å². The van der Waals surface area contributed by atoms with Crippen molar-refractivity contribution in [3.05, 3.63) is 56.9 Å². The number of ether oxygens (including phenoxy) is 4. The molecule has 0 N–H and O–H groups in total. The Morgan fingerprint density at radius 2 is 1.53 bits per heavy atom. The summed E-state index contributed by atoms with van der Waals surface area (Å²) in [6.45, 7) is 3.60. The Labute approximate surface area is 173 Å². The highest BCUT2D eigenvalue weighted by Gasteiger charge is 2.34. The van der Waals surface area contributed by atoms with Gasteiger partial charge in [0, 0.05) is 17.7 Å². The third kappa shape index (κ3) is 3.07. The van der Waals surface area contributed by atoms with Gasteiger partial charge in [0.25, 0.3) is 0 Å². The highest BCUT2D eigenvalue weighted by atomic mass is 16.5. The summed E-state index contributed by atoms with van der Waals surface area (Å²) >= 11 is 0. The fourth-order valence-corrected chi connectivity index (χ4v) is 3.99. The molecule has 0 saturated heterocycles. The maximum Gasteiger partial charge on any atom is 0.336 e. The maximum atomic E-state index is 13.1. The van der Waals surface area contributed by atoms with E-state index in [-0.39, 0.29) is 12.2 Å². The molecule has 156 valence electrons. The van der Waals surface area contributed by atoms with E-state index in [0.717, 1.165) is 0 Å². The summed E-state index contributed by atoms with van der Waals surface area (Å²) in [6, 6.07) is 6.56. The van der Waals surface area contributed by atoms with E-state index in [4.69, 9.17) is 23.4 Å². The quantitative estimate of drug-likeness (QED) is 0.598. The second-order valence-corrected chi connectivity index (χ2v) is 7.20. The Hall–Kier alpha value is -3.48. The lowest BCUT2D eigenvalue weighted by molar-refractivity contribution is 0.0849. The van der Waals surface area contributed by atoms with Gasteiger partial charge in [-0.2, -0.15) is 0 Å². The van der Waals surface area contributed by atoms with Crippen molar-refractivity contribution in [1.29, 1.82) is 0 Å². The molecule has 1 aliphatic heterocycles. The largest absolute Gasteiger partial charge is 0.496 e. The molecule has 0 amide bonds. The molecule has 2 aromatic carbocycles. The zero-order valence-corrected chi connectivity index (χ0v) is 17.5. The highest BCUT2D eigenvalue weighted by molar-refractivity contribution is 6.07. The van der Waals surface area contributed by atoms with Crippen LogP contribution in [0.4, 0.5) is 0 Å². The van der Waals surface area contributed by atoms with Gasteiger partial charge in [-0.05, 0) is 37.1 Å². The van der Waals surface area contributed by atoms with Crippen LogP contribution in [0.25, 0.3) is 11.0 Å². The molecular weight excluding hydrogens is 388 g/mol. The minimum Gasteiger partial charge on any atom is -0.496 e. The zero-order chi connectivity index (χ0) is 21.6. The molecule has 0 bridgehead atoms. The maximum absolute atomic E-state index is 13.1. The average Bonchev–Trinajstić information content (AvgIpc) is 2.71. The second kappa shape index (κ2) is 7.40. The van der Waals surface area contributed by atoms with Crippen molar-refractivity contribution in [3.8, 4) is 23.0 Å². The number of Topliss-reactive ketones (excluding diaryl/α,β-unsaturated/α-hetero) is 1. The first-order valence-electron chi connectivity index (χ1n) is 9.45. The Morgan fingerprint density at radius 3 is 2.20 bits per heavy atom. The van der Waals surface area contributed by atoms with Crippen LogP contribution in [0.2, 0.25) is 0 Å². The van der Waals surface area contributed by atoms with Crippen LogP contribution in [0.1, 0.15) is 39.6 Å². The number of ketones is 1. The molecule has 4 rings (SSSR count). The lowest BCUT2D eigenvalue weighted by atomic mass is 9.90. The van der Waals surface area contributed by atoms with E-state index in [1.165, 1.54) is 6.07 Å². The van der Waals surface area contributed by atoms with Gasteiger partial charge in [0.05, 0.1) is 38.7 Å². The lowest BCUT2D eigenvalue weighted by Crippen LogP contribution is -2.22. The van der Waals surface area contributed by atoms with Gasteiger partial charge >= 0.3 is 5.63 Å². The van der Waals surface area contributed by atoms with E-state index in [9.17, 15) is 9.59 Å². The Kier molecular flexibility index (Phi) is 4.89. The molecule has 0 spiro atoms. The number of rotatable bonds is 4. The van der Waals surface area contributed by atoms with E-state index < -0.39 is 11.7 Å². The van der Waals surface area contributed by atoms with Gasteiger partial charge in [0.2, 0.25) is 0 Å². The summed E-state index contributed by atoms with van der Waals surface area (Å²) in [6.07, 6.45) is -0.461. The van der Waals surface area contributed by atoms with Crippen LogP contribution in [0.3, 0.4) is 0 Å². The van der Waals surface area contributed by atoms with Gasteiger partial charge in [0.15, 0.2) is 17.3 Å². The molecule has 0 saturated carbocycles. The number of benzene rings is 2. The minimum absolute atomic E-state index is 0.0527. The van der Waals surface area contributed by atoms with Gasteiger partial charge in [0.1, 0.15) is 23.2 Å². The third-order valence-electron chi connectivity index (χ3n) is 5.37. The standard InChI is InChI=1S/C23H22O7/c1-11-6-19-22(12(2)7-20(25)29-19)23-21(11)14(24)9-16(30-23)13-8-17(27-4)18(28-5)10-15(13)26-3/h6-8,10,16H,9H2,1-5H3/t16-/m0/s1. The van der Waals surface area contributed by atoms with Crippen molar-refractivity contribution < 1.29 is 28.2 Å². The van der Waals surface area contributed by atoms with Crippen LogP contribution in [0.5, 0.6) is 23.0 Å². The molecular formula is C23H22O7. The molecule has 1 atom stereocenters. The predicted octanol–water partition coefficient (Wildman–Crippen LogP) is 4.14. The second-order valence-electron chi connectivity index (χ2n) is 7.20. The monoisotopic (exact) mass is 410 g/mol. The predicted molar refractivity (Wildman–Crippen MR) is 110 cm³/mol. The number of carbonyl (C=O) groups is 1. The Morgan fingerprint density at radius 1 is 0.867 bits per heavy atom. The molecule has 0 fully saturated rings. The lowest BCUT2D eigenvalue weighted by Gasteiger charge is -2.29. The van der Waals surface area contributed by atoms with Gasteiger partial charge in [-0.1, -0.05) is 0 Å². The van der Waals surface area contributed by atoms with E-state index in [2.05, 4.69) is 0 Å². The van der Waals surface area contributed by atoms with Crippen LogP contribution in [-0.4, -0.2) is 27.1 Å². The number of methoxy groups -OCH3 is 3. The molecule has 7 heteroatoms. The van der Waals surface area contributed by atoms with Crippen molar-refractivity contribution in [2.45, 2.75) is 26.4 Å². The van der Waals surface area contributed by atoms with Crippen molar-refractivity contribution >= 4 is 16.8 Å². The molecule has 1 aliphatic rings.